The van der Waals surface area contributed by atoms with Gasteiger partial charge < -0.3 is 10.2 Å². The maximum atomic E-state index is 5.26. The number of nitrogens with zero attached hydrogens (tertiary/aromatic N) is 1. The van der Waals surface area contributed by atoms with Gasteiger partial charge in [0.05, 0.1) is 0 Å². The number of hydrogen-bond donors (Lipinski definition) is 1. The molecule has 2 N–H and O–H groups in total. The average molecular weight is 166 g/mol. The number of anilines is 1. The molecule has 66 valence electrons. The van der Waals surface area contributed by atoms with Gasteiger partial charge in [-0.05, 0) is 12.2 Å². The second kappa shape index (κ2) is 5.18. The SMILES string of the molecule is C=Cc1nc(N)oc1C=C.CC. The fourth-order valence-electron chi connectivity index (χ4n) is 0.654. The Labute approximate surface area is 72.6 Å². The summed E-state index contributed by atoms with van der Waals surface area (Å²) in [6, 6.07) is 0.143. The number of rotatable bonds is 2. The molecule has 1 heterocycles. The van der Waals surface area contributed by atoms with Crippen LogP contribution in [0.2, 0.25) is 0 Å². The molecular formula is C9H14N2O. The summed E-state index contributed by atoms with van der Waals surface area (Å²) in [6.45, 7) is 11.0. The van der Waals surface area contributed by atoms with Gasteiger partial charge >= 0.3 is 0 Å². The molecule has 3 nitrogen and oxygen atoms in total. The third-order valence-electron chi connectivity index (χ3n) is 1.08. The lowest BCUT2D eigenvalue weighted by molar-refractivity contribution is 0.570. The predicted octanol–water partition coefficient (Wildman–Crippen LogP) is 2.57. The largest absolute Gasteiger partial charge is 0.424 e. The Kier molecular flexibility index (Phi) is 4.53. The van der Waals surface area contributed by atoms with E-state index in [4.69, 9.17) is 10.2 Å². The molecule has 0 radical (unpaired) electrons. The molecule has 0 aliphatic heterocycles. The van der Waals surface area contributed by atoms with Crippen LogP contribution in [0.15, 0.2) is 17.6 Å². The molecule has 0 fully saturated rings. The highest BCUT2D eigenvalue weighted by Gasteiger charge is 2.02. The summed E-state index contributed by atoms with van der Waals surface area (Å²) >= 11 is 0. The van der Waals surface area contributed by atoms with Crippen LogP contribution in [0.25, 0.3) is 12.2 Å². The number of hydrogen-bond acceptors (Lipinski definition) is 3. The van der Waals surface area contributed by atoms with E-state index >= 15 is 0 Å². The van der Waals surface area contributed by atoms with Crippen molar-refractivity contribution in [2.24, 2.45) is 0 Å². The average Bonchev–Trinajstić information content (AvgIpc) is 2.49. The molecule has 1 aromatic heterocycles. The monoisotopic (exact) mass is 166 g/mol. The van der Waals surface area contributed by atoms with Crippen molar-refractivity contribution in [2.75, 3.05) is 5.73 Å². The number of nitrogens with two attached hydrogens (primary N) is 1. The fraction of sp³-hybridized carbons (Fsp3) is 0.222. The first-order valence-electron chi connectivity index (χ1n) is 3.79. The molecule has 0 atom stereocenters. The minimum Gasteiger partial charge on any atom is -0.424 e. The maximum absolute atomic E-state index is 5.26. The lowest BCUT2D eigenvalue weighted by Crippen LogP contribution is -1.81. The van der Waals surface area contributed by atoms with Gasteiger partial charge in [0.15, 0.2) is 5.76 Å². The second-order valence-corrected chi connectivity index (χ2v) is 1.71. The molecule has 0 aliphatic carbocycles. The van der Waals surface area contributed by atoms with E-state index in [-0.39, 0.29) is 6.01 Å². The van der Waals surface area contributed by atoms with Crippen LogP contribution < -0.4 is 5.73 Å². The van der Waals surface area contributed by atoms with Gasteiger partial charge in [0.25, 0.3) is 6.01 Å². The van der Waals surface area contributed by atoms with E-state index in [0.717, 1.165) is 0 Å². The van der Waals surface area contributed by atoms with Crippen LogP contribution in [-0.2, 0) is 0 Å². The normalized spacial score (nSPS) is 8.17. The molecule has 1 aromatic rings. The van der Waals surface area contributed by atoms with E-state index in [9.17, 15) is 0 Å². The first-order chi connectivity index (χ1) is 5.77. The molecule has 0 bridgehead atoms. The maximum Gasteiger partial charge on any atom is 0.292 e. The minimum atomic E-state index is 0.143. The molecule has 12 heavy (non-hydrogen) atoms. The molecule has 0 saturated heterocycles. The smallest absolute Gasteiger partial charge is 0.292 e. The van der Waals surface area contributed by atoms with Crippen molar-refractivity contribution in [1.82, 2.24) is 4.98 Å². The van der Waals surface area contributed by atoms with Crippen LogP contribution in [-0.4, -0.2) is 4.98 Å². The van der Waals surface area contributed by atoms with E-state index in [2.05, 4.69) is 18.1 Å². The summed E-state index contributed by atoms with van der Waals surface area (Å²) in [6.07, 6.45) is 3.11. The highest BCUT2D eigenvalue weighted by molar-refractivity contribution is 5.57. The number of oxazole rings is 1. The summed E-state index contributed by atoms with van der Waals surface area (Å²) in [5.41, 5.74) is 5.89. The van der Waals surface area contributed by atoms with Crippen molar-refractivity contribution >= 4 is 18.2 Å². The Morgan fingerprint density at radius 2 is 1.92 bits per heavy atom. The van der Waals surface area contributed by atoms with Crippen molar-refractivity contribution in [3.05, 3.63) is 24.6 Å². The van der Waals surface area contributed by atoms with Gasteiger partial charge in [-0.15, -0.1) is 0 Å². The Hall–Kier alpha value is -1.51. The van der Waals surface area contributed by atoms with Crippen molar-refractivity contribution < 1.29 is 4.42 Å². The van der Waals surface area contributed by atoms with Crippen LogP contribution in [0.4, 0.5) is 6.01 Å². The summed E-state index contributed by atoms with van der Waals surface area (Å²) in [7, 11) is 0. The van der Waals surface area contributed by atoms with Gasteiger partial charge in [0.2, 0.25) is 0 Å². The number of nitrogen functional groups attached to an aromatic ring is 1. The summed E-state index contributed by atoms with van der Waals surface area (Å²) < 4.78 is 4.93. The van der Waals surface area contributed by atoms with Gasteiger partial charge in [-0.3, -0.25) is 0 Å². The van der Waals surface area contributed by atoms with Crippen molar-refractivity contribution in [1.29, 1.82) is 0 Å². The lowest BCUT2D eigenvalue weighted by Gasteiger charge is -1.81. The highest BCUT2D eigenvalue weighted by atomic mass is 16.4. The third kappa shape index (κ3) is 2.27. The molecule has 0 spiro atoms. The van der Waals surface area contributed by atoms with E-state index in [1.807, 2.05) is 13.8 Å². The Morgan fingerprint density at radius 3 is 2.25 bits per heavy atom. The Balaban J connectivity index is 0.000000561. The van der Waals surface area contributed by atoms with Crippen molar-refractivity contribution in [2.45, 2.75) is 13.8 Å². The predicted molar refractivity (Wildman–Crippen MR) is 52.4 cm³/mol. The quantitative estimate of drug-likeness (QED) is 0.734. The molecule has 0 unspecified atom stereocenters. The first kappa shape index (κ1) is 10.5. The topological polar surface area (TPSA) is 52.0 Å². The van der Waals surface area contributed by atoms with Crippen LogP contribution in [0.3, 0.4) is 0 Å². The third-order valence-corrected chi connectivity index (χ3v) is 1.08. The zero-order chi connectivity index (χ0) is 9.56. The van der Waals surface area contributed by atoms with Crippen LogP contribution in [0, 0.1) is 0 Å². The summed E-state index contributed by atoms with van der Waals surface area (Å²) in [4.78, 5) is 3.82. The number of aromatic nitrogens is 1. The van der Waals surface area contributed by atoms with Gasteiger partial charge in [0, 0.05) is 0 Å². The van der Waals surface area contributed by atoms with Crippen molar-refractivity contribution in [3.8, 4) is 0 Å². The zero-order valence-electron chi connectivity index (χ0n) is 7.50. The zero-order valence-corrected chi connectivity index (χ0v) is 7.50. The van der Waals surface area contributed by atoms with Gasteiger partial charge in [-0.25, -0.2) is 0 Å². The van der Waals surface area contributed by atoms with E-state index < -0.39 is 0 Å². The van der Waals surface area contributed by atoms with Crippen molar-refractivity contribution in [3.63, 3.8) is 0 Å². The first-order valence-corrected chi connectivity index (χ1v) is 3.79. The summed E-state index contributed by atoms with van der Waals surface area (Å²) in [5, 5.41) is 0. The second-order valence-electron chi connectivity index (χ2n) is 1.71. The van der Waals surface area contributed by atoms with Gasteiger partial charge in [-0.1, -0.05) is 27.0 Å². The van der Waals surface area contributed by atoms with E-state index in [1.54, 1.807) is 12.2 Å². The Morgan fingerprint density at radius 1 is 1.33 bits per heavy atom. The van der Waals surface area contributed by atoms with Crippen LogP contribution in [0.5, 0.6) is 0 Å². The standard InChI is InChI=1S/C7H8N2O.C2H6/c1-3-5-6(4-2)10-7(8)9-5;1-2/h3-4H,1-2H2,(H2,8,9);1-2H3. The Bertz CT molecular complexity index is 238. The van der Waals surface area contributed by atoms with Crippen LogP contribution >= 0.6 is 0 Å². The molecular weight excluding hydrogens is 152 g/mol. The molecule has 0 saturated carbocycles. The van der Waals surface area contributed by atoms with Crippen LogP contribution in [0.1, 0.15) is 25.3 Å². The van der Waals surface area contributed by atoms with Gasteiger partial charge in [-0.2, -0.15) is 4.98 Å². The molecule has 0 amide bonds. The van der Waals surface area contributed by atoms with E-state index in [1.165, 1.54) is 0 Å². The summed E-state index contributed by atoms with van der Waals surface area (Å²) in [5.74, 6) is 0.563. The van der Waals surface area contributed by atoms with Gasteiger partial charge in [0.1, 0.15) is 5.69 Å². The minimum absolute atomic E-state index is 0.143. The highest BCUT2D eigenvalue weighted by Crippen LogP contribution is 2.13. The molecule has 0 aromatic carbocycles. The molecule has 0 aliphatic rings. The molecule has 3 heteroatoms. The van der Waals surface area contributed by atoms with E-state index in [0.29, 0.717) is 11.5 Å². The lowest BCUT2D eigenvalue weighted by atomic mass is 10.3. The molecule has 1 rings (SSSR count). The fourth-order valence-corrected chi connectivity index (χ4v) is 0.654.